The number of rotatable bonds is 2. The van der Waals surface area contributed by atoms with E-state index < -0.39 is 11.9 Å². The van der Waals surface area contributed by atoms with Crippen LogP contribution in [0.3, 0.4) is 0 Å². The highest BCUT2D eigenvalue weighted by atomic mass is 19.1. The van der Waals surface area contributed by atoms with Crippen LogP contribution in [0.25, 0.3) is 16.9 Å². The molecule has 0 saturated heterocycles. The van der Waals surface area contributed by atoms with Gasteiger partial charge in [0.15, 0.2) is 17.2 Å². The highest BCUT2D eigenvalue weighted by Crippen LogP contribution is 2.43. The van der Waals surface area contributed by atoms with E-state index in [4.69, 9.17) is 14.2 Å². The topological polar surface area (TPSA) is 111 Å². The molecule has 2 aliphatic heterocycles. The van der Waals surface area contributed by atoms with Gasteiger partial charge in [0.25, 0.3) is 0 Å². The van der Waals surface area contributed by atoms with E-state index in [0.29, 0.717) is 40.7 Å². The smallest absolute Gasteiger partial charge is 0.413 e. The third-order valence-electron chi connectivity index (χ3n) is 6.07. The Morgan fingerprint density at radius 3 is 2.82 bits per heavy atom. The third-order valence-corrected chi connectivity index (χ3v) is 6.07. The van der Waals surface area contributed by atoms with Gasteiger partial charge in [-0.05, 0) is 24.3 Å². The lowest BCUT2D eigenvalue weighted by atomic mass is 9.95. The number of hydrogen-bond donors (Lipinski definition) is 1. The average molecular weight is 463 g/mol. The molecule has 0 saturated carbocycles. The van der Waals surface area contributed by atoms with Crippen LogP contribution in [0.15, 0.2) is 42.7 Å². The summed E-state index contributed by atoms with van der Waals surface area (Å²) in [6.07, 6.45) is 0.122. The Morgan fingerprint density at radius 1 is 1.21 bits per heavy atom. The van der Waals surface area contributed by atoms with Gasteiger partial charge in [-0.3, -0.25) is 9.30 Å². The van der Waals surface area contributed by atoms with E-state index in [1.54, 1.807) is 30.3 Å². The van der Waals surface area contributed by atoms with E-state index in [-0.39, 0.29) is 36.2 Å². The van der Waals surface area contributed by atoms with E-state index in [2.05, 4.69) is 15.2 Å². The van der Waals surface area contributed by atoms with Crippen molar-refractivity contribution in [1.82, 2.24) is 19.6 Å². The Hall–Kier alpha value is -4.41. The van der Waals surface area contributed by atoms with Gasteiger partial charge in [-0.25, -0.2) is 14.2 Å². The summed E-state index contributed by atoms with van der Waals surface area (Å²) in [5, 5.41) is 18.3. The molecular formula is C23H18FN5O5. The van der Waals surface area contributed by atoms with Gasteiger partial charge in [-0.1, -0.05) is 6.07 Å². The summed E-state index contributed by atoms with van der Waals surface area (Å²) in [4.78, 5) is 18.0. The SMILES string of the molecule is COc1cccc(-c2cc3c(n4cnnc24)N(C(=O)O)Cc2c(F)ccc4c2[C@@H](CO4)CO3)n1. The number of methoxy groups -OCH3 is 1. The zero-order chi connectivity index (χ0) is 23.4. The number of ether oxygens (including phenoxy) is 3. The van der Waals surface area contributed by atoms with Crippen LogP contribution in [0.5, 0.6) is 17.4 Å². The molecule has 1 aromatic carbocycles. The van der Waals surface area contributed by atoms with Crippen molar-refractivity contribution in [2.75, 3.05) is 25.2 Å². The van der Waals surface area contributed by atoms with Crippen LogP contribution in [0.2, 0.25) is 0 Å². The monoisotopic (exact) mass is 463 g/mol. The average Bonchev–Trinajstić information content (AvgIpc) is 3.49. The molecule has 34 heavy (non-hydrogen) atoms. The maximum Gasteiger partial charge on any atom is 0.413 e. The Balaban J connectivity index is 1.59. The summed E-state index contributed by atoms with van der Waals surface area (Å²) in [6.45, 7) is 0.250. The normalized spacial score (nSPS) is 16.5. The molecule has 0 radical (unpaired) electrons. The van der Waals surface area contributed by atoms with Gasteiger partial charge in [0.05, 0.1) is 38.5 Å². The largest absolute Gasteiger partial charge is 0.493 e. The van der Waals surface area contributed by atoms with Crippen LogP contribution in [0.1, 0.15) is 17.0 Å². The molecule has 2 aliphatic rings. The van der Waals surface area contributed by atoms with Crippen molar-refractivity contribution in [3.63, 3.8) is 0 Å². The van der Waals surface area contributed by atoms with Crippen molar-refractivity contribution in [2.24, 2.45) is 0 Å². The first-order chi connectivity index (χ1) is 16.5. The summed E-state index contributed by atoms with van der Waals surface area (Å²) in [7, 11) is 1.52. The number of fused-ring (bicyclic) bond motifs is 3. The molecule has 1 N–H and O–H groups in total. The van der Waals surface area contributed by atoms with Gasteiger partial charge in [0.1, 0.15) is 17.9 Å². The van der Waals surface area contributed by atoms with Crippen LogP contribution in [0, 0.1) is 5.82 Å². The first-order valence-corrected chi connectivity index (χ1v) is 10.5. The lowest BCUT2D eigenvalue weighted by Crippen LogP contribution is -2.31. The van der Waals surface area contributed by atoms with Gasteiger partial charge < -0.3 is 19.3 Å². The Kier molecular flexibility index (Phi) is 4.51. The van der Waals surface area contributed by atoms with Crippen molar-refractivity contribution < 1.29 is 28.5 Å². The number of benzene rings is 1. The predicted octanol–water partition coefficient (Wildman–Crippen LogP) is 3.49. The Morgan fingerprint density at radius 2 is 2.03 bits per heavy atom. The van der Waals surface area contributed by atoms with E-state index in [0.717, 1.165) is 4.90 Å². The quantitative estimate of drug-likeness (QED) is 0.481. The standard InChI is InChI=1S/C23H18FN5O5/c1-32-19-4-2-3-16(26-19)13-7-18-22(29-11-25-27-21(13)29)28(23(30)31)8-14-15(24)5-6-17-20(14)12(9-33-17)10-34-18/h2-7,11-12H,8-10H2,1H3,(H,30,31)/t12-/m0/s1. The molecule has 11 heteroatoms. The third kappa shape index (κ3) is 3.00. The Labute approximate surface area is 192 Å². The van der Waals surface area contributed by atoms with Crippen molar-refractivity contribution >= 4 is 17.6 Å². The molecule has 4 aromatic rings. The fourth-order valence-corrected chi connectivity index (χ4v) is 4.53. The van der Waals surface area contributed by atoms with Crippen molar-refractivity contribution in [2.45, 2.75) is 12.5 Å². The van der Waals surface area contributed by atoms with Gasteiger partial charge in [-0.2, -0.15) is 0 Å². The van der Waals surface area contributed by atoms with Crippen molar-refractivity contribution in [3.8, 4) is 28.6 Å². The number of anilines is 1. The molecule has 172 valence electrons. The van der Waals surface area contributed by atoms with Crippen molar-refractivity contribution in [3.05, 3.63) is 59.7 Å². The molecular weight excluding hydrogens is 445 g/mol. The maximum absolute atomic E-state index is 15.0. The molecule has 6 rings (SSSR count). The lowest BCUT2D eigenvalue weighted by molar-refractivity contribution is 0.200. The molecule has 0 unspecified atom stereocenters. The second-order valence-electron chi connectivity index (χ2n) is 7.96. The first kappa shape index (κ1) is 20.2. The number of amides is 1. The zero-order valence-electron chi connectivity index (χ0n) is 17.9. The van der Waals surface area contributed by atoms with E-state index in [1.807, 2.05) is 0 Å². The molecule has 0 aliphatic carbocycles. The number of halogens is 1. The molecule has 10 nitrogen and oxygen atoms in total. The molecule has 5 heterocycles. The minimum Gasteiger partial charge on any atom is -0.493 e. The van der Waals surface area contributed by atoms with Crippen LogP contribution < -0.4 is 19.1 Å². The summed E-state index contributed by atoms with van der Waals surface area (Å²) in [6, 6.07) is 9.83. The molecule has 0 fully saturated rings. The first-order valence-electron chi connectivity index (χ1n) is 10.5. The van der Waals surface area contributed by atoms with E-state index >= 15 is 0 Å². The number of pyridine rings is 2. The van der Waals surface area contributed by atoms with Crippen LogP contribution >= 0.6 is 0 Å². The molecule has 0 spiro atoms. The van der Waals surface area contributed by atoms with Crippen LogP contribution in [-0.2, 0) is 6.54 Å². The summed E-state index contributed by atoms with van der Waals surface area (Å²) >= 11 is 0. The highest BCUT2D eigenvalue weighted by Gasteiger charge is 2.35. The molecule has 1 amide bonds. The summed E-state index contributed by atoms with van der Waals surface area (Å²) in [5.41, 5.74) is 2.39. The van der Waals surface area contributed by atoms with Crippen LogP contribution in [-0.4, -0.2) is 51.1 Å². The fraction of sp³-hybridized carbons (Fsp3) is 0.217. The number of aromatic nitrogens is 4. The second-order valence-corrected chi connectivity index (χ2v) is 7.96. The fourth-order valence-electron chi connectivity index (χ4n) is 4.53. The predicted molar refractivity (Wildman–Crippen MR) is 117 cm³/mol. The molecule has 0 bridgehead atoms. The number of carboxylic acid groups (broad SMARTS) is 1. The van der Waals surface area contributed by atoms with Crippen molar-refractivity contribution in [1.29, 1.82) is 0 Å². The lowest BCUT2D eigenvalue weighted by Gasteiger charge is -2.23. The van der Waals surface area contributed by atoms with E-state index in [1.165, 1.54) is 23.9 Å². The molecule has 1 atom stereocenters. The number of carbonyl (C=O) groups is 1. The van der Waals surface area contributed by atoms with Gasteiger partial charge in [0.2, 0.25) is 5.88 Å². The minimum absolute atomic E-state index is 0.169. The van der Waals surface area contributed by atoms with Gasteiger partial charge >= 0.3 is 6.09 Å². The number of nitrogens with zero attached hydrogens (tertiary/aromatic N) is 5. The second kappa shape index (κ2) is 7.58. The van der Waals surface area contributed by atoms with Crippen LogP contribution in [0.4, 0.5) is 15.0 Å². The highest BCUT2D eigenvalue weighted by molar-refractivity contribution is 5.90. The zero-order valence-corrected chi connectivity index (χ0v) is 17.9. The maximum atomic E-state index is 15.0. The minimum atomic E-state index is -1.28. The number of hydrogen-bond acceptors (Lipinski definition) is 7. The molecule has 3 aromatic heterocycles. The summed E-state index contributed by atoms with van der Waals surface area (Å²) in [5.74, 6) is 0.650. The van der Waals surface area contributed by atoms with Gasteiger partial charge in [-0.15, -0.1) is 10.2 Å². The summed E-state index contributed by atoms with van der Waals surface area (Å²) < 4.78 is 33.6. The van der Waals surface area contributed by atoms with E-state index in [9.17, 15) is 14.3 Å². The van der Waals surface area contributed by atoms with Gasteiger partial charge in [0, 0.05) is 22.8 Å². The Bertz CT molecular complexity index is 1460.